The lowest BCUT2D eigenvalue weighted by molar-refractivity contribution is 0.213. The Labute approximate surface area is 122 Å². The van der Waals surface area contributed by atoms with Crippen LogP contribution in [0.4, 0.5) is 0 Å². The predicted octanol–water partition coefficient (Wildman–Crippen LogP) is 3.53. The van der Waals surface area contributed by atoms with E-state index in [2.05, 4.69) is 0 Å². The van der Waals surface area contributed by atoms with Crippen LogP contribution in [0.15, 0.2) is 53.3 Å². The zero-order valence-corrected chi connectivity index (χ0v) is 11.9. The van der Waals surface area contributed by atoms with Crippen molar-refractivity contribution < 1.29 is 19.0 Å². The standard InChI is InChI=1S/C17H16O4/c1-19-15-9-14(16(18)11-7-8-21-10-11)17(20-2)13-6-4-3-5-12(13)15/h3-10,16,18H,1-2H3. The Morgan fingerprint density at radius 1 is 1.05 bits per heavy atom. The van der Waals surface area contributed by atoms with Gasteiger partial charge in [-0.1, -0.05) is 24.3 Å². The molecule has 1 unspecified atom stereocenters. The number of furan rings is 1. The van der Waals surface area contributed by atoms with Crippen LogP contribution in [0.5, 0.6) is 11.5 Å². The smallest absolute Gasteiger partial charge is 0.133 e. The highest BCUT2D eigenvalue weighted by atomic mass is 16.5. The Morgan fingerprint density at radius 2 is 1.81 bits per heavy atom. The van der Waals surface area contributed by atoms with Crippen LogP contribution >= 0.6 is 0 Å². The molecule has 3 aromatic rings. The molecule has 4 heteroatoms. The third-order valence-electron chi connectivity index (χ3n) is 3.56. The SMILES string of the molecule is COc1cc(C(O)c2ccoc2)c(OC)c2ccccc12. The molecule has 2 aromatic carbocycles. The highest BCUT2D eigenvalue weighted by molar-refractivity contribution is 5.94. The summed E-state index contributed by atoms with van der Waals surface area (Å²) in [7, 11) is 3.21. The van der Waals surface area contributed by atoms with Crippen LogP contribution in [0.3, 0.4) is 0 Å². The number of aliphatic hydroxyl groups is 1. The van der Waals surface area contributed by atoms with Crippen LogP contribution in [0.2, 0.25) is 0 Å². The molecular formula is C17H16O4. The highest BCUT2D eigenvalue weighted by Crippen LogP contribution is 2.41. The number of aliphatic hydroxyl groups excluding tert-OH is 1. The van der Waals surface area contributed by atoms with Crippen molar-refractivity contribution in [2.45, 2.75) is 6.10 Å². The first-order valence-corrected chi connectivity index (χ1v) is 6.60. The van der Waals surface area contributed by atoms with Crippen LogP contribution in [-0.4, -0.2) is 19.3 Å². The summed E-state index contributed by atoms with van der Waals surface area (Å²) in [5.74, 6) is 1.34. The largest absolute Gasteiger partial charge is 0.496 e. The minimum atomic E-state index is -0.836. The lowest BCUT2D eigenvalue weighted by Gasteiger charge is -2.18. The number of ether oxygens (including phenoxy) is 2. The molecule has 0 aliphatic rings. The quantitative estimate of drug-likeness (QED) is 0.796. The topological polar surface area (TPSA) is 51.8 Å². The van der Waals surface area contributed by atoms with Crippen molar-refractivity contribution in [2.75, 3.05) is 14.2 Å². The highest BCUT2D eigenvalue weighted by Gasteiger charge is 2.21. The maximum atomic E-state index is 10.6. The fraction of sp³-hybridized carbons (Fsp3) is 0.176. The summed E-state index contributed by atoms with van der Waals surface area (Å²) in [4.78, 5) is 0. The maximum absolute atomic E-state index is 10.6. The average Bonchev–Trinajstić information content (AvgIpc) is 3.07. The molecule has 1 aromatic heterocycles. The first kappa shape index (κ1) is 13.5. The molecule has 0 amide bonds. The van der Waals surface area contributed by atoms with Crippen molar-refractivity contribution in [3.63, 3.8) is 0 Å². The summed E-state index contributed by atoms with van der Waals surface area (Å²) in [5, 5.41) is 12.4. The van der Waals surface area contributed by atoms with Gasteiger partial charge in [0.05, 0.1) is 26.7 Å². The van der Waals surface area contributed by atoms with Gasteiger partial charge in [-0.05, 0) is 12.1 Å². The van der Waals surface area contributed by atoms with E-state index in [1.54, 1.807) is 26.4 Å². The van der Waals surface area contributed by atoms with Crippen molar-refractivity contribution in [3.05, 3.63) is 60.1 Å². The summed E-state index contributed by atoms with van der Waals surface area (Å²) in [6.07, 6.45) is 2.21. The third kappa shape index (κ3) is 2.23. The first-order chi connectivity index (χ1) is 10.3. The molecule has 1 N–H and O–H groups in total. The van der Waals surface area contributed by atoms with E-state index in [1.165, 1.54) is 12.5 Å². The van der Waals surface area contributed by atoms with E-state index < -0.39 is 6.10 Å². The van der Waals surface area contributed by atoms with Crippen molar-refractivity contribution in [2.24, 2.45) is 0 Å². The Balaban J connectivity index is 2.26. The zero-order chi connectivity index (χ0) is 14.8. The Kier molecular flexibility index (Phi) is 3.54. The number of methoxy groups -OCH3 is 2. The van der Waals surface area contributed by atoms with Crippen molar-refractivity contribution in [3.8, 4) is 11.5 Å². The molecule has 0 aliphatic heterocycles. The van der Waals surface area contributed by atoms with E-state index in [1.807, 2.05) is 24.3 Å². The van der Waals surface area contributed by atoms with Gasteiger partial charge in [0.25, 0.3) is 0 Å². The molecule has 4 nitrogen and oxygen atoms in total. The predicted molar refractivity (Wildman–Crippen MR) is 79.8 cm³/mol. The van der Waals surface area contributed by atoms with Crippen molar-refractivity contribution >= 4 is 10.8 Å². The van der Waals surface area contributed by atoms with E-state index in [9.17, 15) is 5.11 Å². The van der Waals surface area contributed by atoms with Gasteiger partial charge >= 0.3 is 0 Å². The molecule has 0 spiro atoms. The van der Waals surface area contributed by atoms with Crippen LogP contribution < -0.4 is 9.47 Å². The van der Waals surface area contributed by atoms with E-state index in [0.717, 1.165) is 10.8 Å². The summed E-state index contributed by atoms with van der Waals surface area (Å²) in [6, 6.07) is 11.3. The molecular weight excluding hydrogens is 268 g/mol. The van der Waals surface area contributed by atoms with Crippen LogP contribution in [0, 0.1) is 0 Å². The Morgan fingerprint density at radius 3 is 2.43 bits per heavy atom. The fourth-order valence-corrected chi connectivity index (χ4v) is 2.55. The van der Waals surface area contributed by atoms with Gasteiger partial charge in [-0.2, -0.15) is 0 Å². The molecule has 0 bridgehead atoms. The molecule has 3 rings (SSSR count). The number of hydrogen-bond acceptors (Lipinski definition) is 4. The summed E-state index contributed by atoms with van der Waals surface area (Å²) in [6.45, 7) is 0. The van der Waals surface area contributed by atoms with Crippen LogP contribution in [0.1, 0.15) is 17.2 Å². The van der Waals surface area contributed by atoms with E-state index in [0.29, 0.717) is 22.6 Å². The Hall–Kier alpha value is -2.46. The second kappa shape index (κ2) is 5.50. The molecule has 0 aliphatic carbocycles. The molecule has 0 saturated heterocycles. The first-order valence-electron chi connectivity index (χ1n) is 6.60. The third-order valence-corrected chi connectivity index (χ3v) is 3.56. The maximum Gasteiger partial charge on any atom is 0.133 e. The summed E-state index contributed by atoms with van der Waals surface area (Å²) in [5.41, 5.74) is 1.32. The molecule has 0 fully saturated rings. The molecule has 108 valence electrons. The Bertz CT molecular complexity index is 747. The second-order valence-electron chi connectivity index (χ2n) is 4.71. The molecule has 1 atom stereocenters. The monoisotopic (exact) mass is 284 g/mol. The van der Waals surface area contributed by atoms with Gasteiger partial charge in [0.1, 0.15) is 17.6 Å². The number of hydrogen-bond donors (Lipinski definition) is 1. The minimum absolute atomic E-state index is 0.639. The van der Waals surface area contributed by atoms with Gasteiger partial charge in [-0.3, -0.25) is 0 Å². The lowest BCUT2D eigenvalue weighted by atomic mass is 9.97. The van der Waals surface area contributed by atoms with Gasteiger partial charge in [0, 0.05) is 21.9 Å². The lowest BCUT2D eigenvalue weighted by Crippen LogP contribution is -2.03. The molecule has 21 heavy (non-hydrogen) atoms. The fourth-order valence-electron chi connectivity index (χ4n) is 2.55. The number of benzene rings is 2. The second-order valence-corrected chi connectivity index (χ2v) is 4.71. The van der Waals surface area contributed by atoms with Crippen molar-refractivity contribution in [1.29, 1.82) is 0 Å². The summed E-state index contributed by atoms with van der Waals surface area (Å²) < 4.78 is 16.0. The van der Waals surface area contributed by atoms with Crippen LogP contribution in [0.25, 0.3) is 10.8 Å². The normalized spacial score (nSPS) is 12.3. The van der Waals surface area contributed by atoms with Gasteiger partial charge in [0.15, 0.2) is 0 Å². The summed E-state index contributed by atoms with van der Waals surface area (Å²) >= 11 is 0. The number of rotatable bonds is 4. The average molecular weight is 284 g/mol. The zero-order valence-electron chi connectivity index (χ0n) is 11.9. The van der Waals surface area contributed by atoms with Gasteiger partial charge in [0.2, 0.25) is 0 Å². The van der Waals surface area contributed by atoms with Gasteiger partial charge in [-0.25, -0.2) is 0 Å². The minimum Gasteiger partial charge on any atom is -0.496 e. The number of fused-ring (bicyclic) bond motifs is 1. The molecule has 0 radical (unpaired) electrons. The molecule has 1 heterocycles. The van der Waals surface area contributed by atoms with Crippen molar-refractivity contribution in [1.82, 2.24) is 0 Å². The van der Waals surface area contributed by atoms with E-state index in [4.69, 9.17) is 13.9 Å². The van der Waals surface area contributed by atoms with E-state index >= 15 is 0 Å². The van der Waals surface area contributed by atoms with Crippen LogP contribution in [-0.2, 0) is 0 Å². The van der Waals surface area contributed by atoms with E-state index in [-0.39, 0.29) is 0 Å². The van der Waals surface area contributed by atoms with Gasteiger partial charge in [-0.15, -0.1) is 0 Å². The van der Waals surface area contributed by atoms with Gasteiger partial charge < -0.3 is 19.0 Å². The molecule has 0 saturated carbocycles.